The number of benzene rings is 2. The van der Waals surface area contributed by atoms with E-state index in [0.717, 1.165) is 0 Å². The first-order valence-electron chi connectivity index (χ1n) is 29.7. The molecule has 7 rings (SSSR count). The summed E-state index contributed by atoms with van der Waals surface area (Å²) in [6.07, 6.45) is 2.22. The Kier molecular flexibility index (Phi) is 21.5. The Bertz CT molecular complexity index is 2640. The third-order valence-corrected chi connectivity index (χ3v) is 17.2. The molecule has 5 fully saturated rings. The third kappa shape index (κ3) is 14.9. The number of nitrogens with one attached hydrogen (secondary N) is 6. The minimum Gasteiger partial charge on any atom is -0.508 e. The van der Waals surface area contributed by atoms with Crippen molar-refractivity contribution in [1.29, 1.82) is 0 Å². The van der Waals surface area contributed by atoms with E-state index in [1.54, 1.807) is 56.3 Å². The molecule has 2 aromatic carbocycles. The predicted molar refractivity (Wildman–Crippen MR) is 303 cm³/mol. The molecule has 82 heavy (non-hydrogen) atoms. The molecule has 5 saturated heterocycles. The number of carbonyl (C=O) groups excluding carboxylic acids is 10. The van der Waals surface area contributed by atoms with Crippen molar-refractivity contribution >= 4 is 59.1 Å². The zero-order valence-electron chi connectivity index (χ0n) is 48.6. The predicted octanol–water partition coefficient (Wildman–Crippen LogP) is 1.58. The average Bonchev–Trinajstić information content (AvgIpc) is 4.38. The molecule has 0 unspecified atom stereocenters. The van der Waals surface area contributed by atoms with Gasteiger partial charge in [-0.1, -0.05) is 96.8 Å². The van der Waals surface area contributed by atoms with E-state index in [0.29, 0.717) is 56.1 Å². The third-order valence-electron chi connectivity index (χ3n) is 17.2. The Morgan fingerprint density at radius 1 is 0.439 bits per heavy atom. The standard InChI is InChI=1S/C60H86N10O12/c1-8-35(5)48-55(77)62-42(32-38-17-11-10-12-18-38)52(74)66-50(37(7)71)56(78)63-43(31-34(3)4)57(79)69-29-15-21-46(69)58(80)67-27-13-19-44(67)53(75)61-41(33-39-23-25-40(72)26-24-39)51(73)65-49(36(6)9-2)60(82)70-30-16-22-47(70)59(81)68-28-14-20-45(68)54(76)64-48/h10-12,17-18,23-26,34-37,41-50,71-72H,8-9,13-16,19-22,27-33H2,1-7H3,(H,61,75)(H,62,77)(H,63,78)(H,64,76)(H,65,73)(H,66,74)/t35-,36-,37+,41-,42-,43-,44-,45-,46-,47-,48-,49-,50-/m0/s1. The summed E-state index contributed by atoms with van der Waals surface area (Å²) < 4.78 is 0. The van der Waals surface area contributed by atoms with Crippen LogP contribution in [0.1, 0.15) is 130 Å². The molecule has 5 aliphatic rings. The molecule has 0 radical (unpaired) electrons. The molecular formula is C60H86N10O12. The van der Waals surface area contributed by atoms with E-state index in [1.165, 1.54) is 38.7 Å². The number of aliphatic hydroxyl groups excluding tert-OH is 1. The van der Waals surface area contributed by atoms with E-state index < -0.39 is 137 Å². The average molecular weight is 1140 g/mol. The van der Waals surface area contributed by atoms with Gasteiger partial charge in [0, 0.05) is 39.0 Å². The van der Waals surface area contributed by atoms with Gasteiger partial charge in [0.15, 0.2) is 0 Å². The lowest BCUT2D eigenvalue weighted by Gasteiger charge is -2.35. The van der Waals surface area contributed by atoms with E-state index in [1.807, 2.05) is 27.7 Å². The van der Waals surface area contributed by atoms with Crippen LogP contribution in [0.15, 0.2) is 54.6 Å². The maximum atomic E-state index is 14.9. The fourth-order valence-corrected chi connectivity index (χ4v) is 12.1. The molecule has 8 N–H and O–H groups in total. The van der Waals surface area contributed by atoms with Crippen molar-refractivity contribution in [2.75, 3.05) is 26.2 Å². The number of amides is 10. The monoisotopic (exact) mass is 1140 g/mol. The summed E-state index contributed by atoms with van der Waals surface area (Å²) in [5.74, 6) is -7.47. The molecule has 0 bridgehead atoms. The molecule has 2 aromatic rings. The van der Waals surface area contributed by atoms with E-state index >= 15 is 0 Å². The van der Waals surface area contributed by atoms with E-state index in [9.17, 15) is 58.2 Å². The quantitative estimate of drug-likeness (QED) is 0.159. The van der Waals surface area contributed by atoms with Crippen molar-refractivity contribution in [3.8, 4) is 5.75 Å². The Labute approximate surface area is 481 Å². The van der Waals surface area contributed by atoms with Gasteiger partial charge < -0.3 is 61.7 Å². The Hall–Kier alpha value is -7.10. The highest BCUT2D eigenvalue weighted by Gasteiger charge is 2.48. The SMILES string of the molecule is CC[C@H](C)[C@@H]1NC(=O)[C@@H]2CCCN2C(=O)[C@@H]2CCCN2C(=O)[C@H]([C@@H](C)CC)NC(=O)[C@H](Cc2ccc(O)cc2)NC(=O)[C@@H]2CCCN2C(=O)[C@@H]2CCCN2C(=O)[C@H](CC(C)C)NC(=O)[C@H]([C@@H](C)O)NC(=O)[C@H](Cc2ccccc2)NC1=O. The largest absolute Gasteiger partial charge is 0.508 e. The molecule has 0 aliphatic carbocycles. The highest BCUT2D eigenvalue weighted by atomic mass is 16.3. The van der Waals surface area contributed by atoms with Gasteiger partial charge in [0.1, 0.15) is 66.2 Å². The van der Waals surface area contributed by atoms with Crippen LogP contribution >= 0.6 is 0 Å². The second-order valence-electron chi connectivity index (χ2n) is 23.6. The smallest absolute Gasteiger partial charge is 0.246 e. The molecule has 448 valence electrons. The Balaban J connectivity index is 1.26. The minimum absolute atomic E-state index is 0.0164. The Morgan fingerprint density at radius 3 is 1.32 bits per heavy atom. The number of carbonyl (C=O) groups is 10. The van der Waals surface area contributed by atoms with Crippen LogP contribution in [-0.2, 0) is 60.8 Å². The van der Waals surface area contributed by atoms with Crippen LogP contribution in [0.5, 0.6) is 5.75 Å². The highest BCUT2D eigenvalue weighted by molar-refractivity contribution is 6.00. The summed E-state index contributed by atoms with van der Waals surface area (Å²) in [4.78, 5) is 153. The van der Waals surface area contributed by atoms with Gasteiger partial charge in [-0.15, -0.1) is 0 Å². The van der Waals surface area contributed by atoms with Crippen molar-refractivity contribution in [2.24, 2.45) is 17.8 Å². The van der Waals surface area contributed by atoms with Gasteiger partial charge >= 0.3 is 0 Å². The first-order chi connectivity index (χ1) is 39.1. The summed E-state index contributed by atoms with van der Waals surface area (Å²) in [7, 11) is 0. The first-order valence-corrected chi connectivity index (χ1v) is 29.7. The molecule has 0 aromatic heterocycles. The molecule has 0 saturated carbocycles. The molecule has 0 spiro atoms. The van der Waals surface area contributed by atoms with E-state index in [2.05, 4.69) is 31.9 Å². The summed E-state index contributed by atoms with van der Waals surface area (Å²) >= 11 is 0. The van der Waals surface area contributed by atoms with Crippen LogP contribution in [0.3, 0.4) is 0 Å². The van der Waals surface area contributed by atoms with Crippen LogP contribution in [-0.4, -0.2) is 182 Å². The topological polar surface area (TPSA) is 296 Å². The second kappa shape index (κ2) is 28.3. The number of phenols is 1. The highest BCUT2D eigenvalue weighted by Crippen LogP contribution is 2.30. The van der Waals surface area contributed by atoms with Crippen LogP contribution in [0, 0.1) is 17.8 Å². The zero-order chi connectivity index (χ0) is 59.5. The van der Waals surface area contributed by atoms with Crippen LogP contribution in [0.4, 0.5) is 0 Å². The summed E-state index contributed by atoms with van der Waals surface area (Å²) in [5, 5.41) is 38.2. The van der Waals surface area contributed by atoms with Crippen LogP contribution < -0.4 is 31.9 Å². The number of aromatic hydroxyl groups is 1. The van der Waals surface area contributed by atoms with Gasteiger partial charge in [-0.05, 0) is 106 Å². The molecular weight excluding hydrogens is 1050 g/mol. The molecule has 22 nitrogen and oxygen atoms in total. The molecule has 13 atom stereocenters. The number of nitrogens with zero attached hydrogens (tertiary/aromatic N) is 4. The van der Waals surface area contributed by atoms with Gasteiger partial charge in [-0.2, -0.15) is 0 Å². The summed E-state index contributed by atoms with van der Waals surface area (Å²) in [5.41, 5.74) is 1.22. The number of hydrogen-bond donors (Lipinski definition) is 8. The fourth-order valence-electron chi connectivity index (χ4n) is 12.1. The van der Waals surface area contributed by atoms with Crippen molar-refractivity contribution < 1.29 is 58.2 Å². The van der Waals surface area contributed by atoms with Gasteiger partial charge in [0.05, 0.1) is 6.10 Å². The molecule has 22 heteroatoms. The van der Waals surface area contributed by atoms with Gasteiger partial charge in [0.25, 0.3) is 0 Å². The number of aliphatic hydroxyl groups is 1. The normalized spacial score (nSPS) is 29.1. The molecule has 10 amide bonds. The van der Waals surface area contributed by atoms with Crippen LogP contribution in [0.25, 0.3) is 0 Å². The van der Waals surface area contributed by atoms with Crippen molar-refractivity contribution in [3.63, 3.8) is 0 Å². The maximum absolute atomic E-state index is 14.9. The van der Waals surface area contributed by atoms with Gasteiger partial charge in [-0.3, -0.25) is 47.9 Å². The van der Waals surface area contributed by atoms with Crippen molar-refractivity contribution in [2.45, 2.75) is 198 Å². The lowest BCUT2D eigenvalue weighted by molar-refractivity contribution is -0.149. The molecule has 5 heterocycles. The van der Waals surface area contributed by atoms with Crippen molar-refractivity contribution in [3.05, 3.63) is 65.7 Å². The maximum Gasteiger partial charge on any atom is 0.246 e. The number of phenolic OH excluding ortho intramolecular Hbond substituents is 1. The Morgan fingerprint density at radius 2 is 0.829 bits per heavy atom. The van der Waals surface area contributed by atoms with E-state index in [-0.39, 0.29) is 76.4 Å². The van der Waals surface area contributed by atoms with Gasteiger partial charge in [-0.25, -0.2) is 0 Å². The van der Waals surface area contributed by atoms with Gasteiger partial charge in [0.2, 0.25) is 59.1 Å². The second-order valence-corrected chi connectivity index (χ2v) is 23.6. The van der Waals surface area contributed by atoms with Crippen LogP contribution in [0.2, 0.25) is 0 Å². The summed E-state index contributed by atoms with van der Waals surface area (Å²) in [6.45, 7) is 13.0. The van der Waals surface area contributed by atoms with E-state index in [4.69, 9.17) is 0 Å². The minimum atomic E-state index is -1.63. The number of rotatable bonds is 11. The molecule has 5 aliphatic heterocycles. The lowest BCUT2D eigenvalue weighted by Crippen LogP contribution is -2.63. The lowest BCUT2D eigenvalue weighted by atomic mass is 9.96. The number of fused-ring (bicyclic) bond motifs is 4. The number of hydrogen-bond acceptors (Lipinski definition) is 12. The first kappa shape index (κ1) is 62.5. The zero-order valence-corrected chi connectivity index (χ0v) is 48.6. The summed E-state index contributed by atoms with van der Waals surface area (Å²) in [6, 6.07) is 3.05. The fraction of sp³-hybridized carbons (Fsp3) is 0.633. The van der Waals surface area contributed by atoms with Crippen molar-refractivity contribution in [1.82, 2.24) is 51.5 Å².